The standard InChI is InChI=1S/C24H29N3O5/c1-14(2)24(6,13-25)26-22(28)17(5)32-23(29)19-11-15(3)27(16(19)4)18-7-8-20-21(12-18)31-10-9-30-20/h7-8,11-12,14,17H,9-10H2,1-6H3,(H,26,28)/t17-,24+/m0/s1. The second kappa shape index (κ2) is 8.95. The maximum atomic E-state index is 12.9. The van der Waals surface area contributed by atoms with Gasteiger partial charge in [-0.15, -0.1) is 0 Å². The summed E-state index contributed by atoms with van der Waals surface area (Å²) in [5, 5.41) is 12.1. The Morgan fingerprint density at radius 3 is 2.44 bits per heavy atom. The second-order valence-corrected chi connectivity index (χ2v) is 8.45. The minimum atomic E-state index is -1.05. The number of aryl methyl sites for hydroxylation is 1. The van der Waals surface area contributed by atoms with E-state index in [1.54, 1.807) is 13.0 Å². The molecular weight excluding hydrogens is 410 g/mol. The highest BCUT2D eigenvalue weighted by Gasteiger charge is 2.33. The largest absolute Gasteiger partial charge is 0.486 e. The van der Waals surface area contributed by atoms with Crippen LogP contribution in [0.4, 0.5) is 0 Å². The third-order valence-electron chi connectivity index (χ3n) is 5.86. The summed E-state index contributed by atoms with van der Waals surface area (Å²) < 4.78 is 18.6. The Morgan fingerprint density at radius 1 is 1.16 bits per heavy atom. The molecule has 3 rings (SSSR count). The topological polar surface area (TPSA) is 103 Å². The quantitative estimate of drug-likeness (QED) is 0.692. The van der Waals surface area contributed by atoms with E-state index < -0.39 is 23.5 Å². The number of hydrogen-bond acceptors (Lipinski definition) is 6. The van der Waals surface area contributed by atoms with E-state index in [1.165, 1.54) is 6.92 Å². The molecule has 8 heteroatoms. The third kappa shape index (κ3) is 4.42. The molecule has 0 bridgehead atoms. The molecule has 1 aliphatic rings. The van der Waals surface area contributed by atoms with Crippen molar-refractivity contribution in [3.8, 4) is 23.3 Å². The Morgan fingerprint density at radius 2 is 1.81 bits per heavy atom. The van der Waals surface area contributed by atoms with E-state index in [0.717, 1.165) is 11.4 Å². The van der Waals surface area contributed by atoms with Gasteiger partial charge in [-0.05, 0) is 51.8 Å². The molecule has 0 saturated carbocycles. The van der Waals surface area contributed by atoms with Crippen molar-refractivity contribution in [3.63, 3.8) is 0 Å². The van der Waals surface area contributed by atoms with Gasteiger partial charge in [0.2, 0.25) is 0 Å². The van der Waals surface area contributed by atoms with Crippen LogP contribution in [-0.2, 0) is 9.53 Å². The molecule has 170 valence electrons. The molecular formula is C24H29N3O5. The minimum Gasteiger partial charge on any atom is -0.486 e. The lowest BCUT2D eigenvalue weighted by Gasteiger charge is -2.28. The fourth-order valence-electron chi connectivity index (χ4n) is 3.47. The molecule has 1 aromatic carbocycles. The van der Waals surface area contributed by atoms with Crippen LogP contribution in [0.5, 0.6) is 11.5 Å². The number of nitrogens with one attached hydrogen (secondary N) is 1. The van der Waals surface area contributed by atoms with E-state index in [4.69, 9.17) is 14.2 Å². The summed E-state index contributed by atoms with van der Waals surface area (Å²) in [7, 11) is 0. The van der Waals surface area contributed by atoms with Crippen LogP contribution in [0.2, 0.25) is 0 Å². The molecule has 32 heavy (non-hydrogen) atoms. The highest BCUT2D eigenvalue weighted by molar-refractivity contribution is 5.94. The number of ether oxygens (including phenoxy) is 3. The molecule has 2 heterocycles. The summed E-state index contributed by atoms with van der Waals surface area (Å²) in [5.74, 6) is 0.114. The van der Waals surface area contributed by atoms with Crippen molar-refractivity contribution in [3.05, 3.63) is 41.2 Å². The second-order valence-electron chi connectivity index (χ2n) is 8.45. The smallest absolute Gasteiger partial charge is 0.340 e. The van der Waals surface area contributed by atoms with Crippen LogP contribution in [0, 0.1) is 31.1 Å². The summed E-state index contributed by atoms with van der Waals surface area (Å²) in [6, 6.07) is 9.45. The molecule has 1 aliphatic heterocycles. The summed E-state index contributed by atoms with van der Waals surface area (Å²) >= 11 is 0. The fraction of sp³-hybridized carbons (Fsp3) is 0.458. The first-order valence-corrected chi connectivity index (χ1v) is 10.6. The lowest BCUT2D eigenvalue weighted by molar-refractivity contribution is -0.130. The normalized spacial score (nSPS) is 15.4. The van der Waals surface area contributed by atoms with Crippen LogP contribution >= 0.6 is 0 Å². The highest BCUT2D eigenvalue weighted by atomic mass is 16.6. The zero-order chi connectivity index (χ0) is 23.6. The van der Waals surface area contributed by atoms with Crippen molar-refractivity contribution >= 4 is 11.9 Å². The van der Waals surface area contributed by atoms with Crippen LogP contribution in [0.25, 0.3) is 5.69 Å². The van der Waals surface area contributed by atoms with Gasteiger partial charge in [-0.3, -0.25) is 4.79 Å². The van der Waals surface area contributed by atoms with Crippen LogP contribution in [0.15, 0.2) is 24.3 Å². The van der Waals surface area contributed by atoms with Crippen LogP contribution in [0.3, 0.4) is 0 Å². The first-order chi connectivity index (χ1) is 15.1. The Kier molecular flexibility index (Phi) is 6.49. The molecule has 1 aromatic heterocycles. The number of esters is 1. The fourth-order valence-corrected chi connectivity index (χ4v) is 3.47. The van der Waals surface area contributed by atoms with Gasteiger partial charge in [0.05, 0.1) is 11.6 Å². The van der Waals surface area contributed by atoms with Crippen molar-refractivity contribution in [2.24, 2.45) is 5.92 Å². The Bertz CT molecular complexity index is 1080. The molecule has 1 amide bonds. The zero-order valence-corrected chi connectivity index (χ0v) is 19.3. The van der Waals surface area contributed by atoms with Crippen molar-refractivity contribution in [2.45, 2.75) is 53.2 Å². The Labute approximate surface area is 188 Å². The maximum absolute atomic E-state index is 12.9. The number of carbonyl (C=O) groups excluding carboxylic acids is 2. The summed E-state index contributed by atoms with van der Waals surface area (Å²) in [4.78, 5) is 25.4. The highest BCUT2D eigenvalue weighted by Crippen LogP contribution is 2.33. The van der Waals surface area contributed by atoms with Crippen LogP contribution in [0.1, 0.15) is 49.4 Å². The van der Waals surface area contributed by atoms with Gasteiger partial charge in [-0.1, -0.05) is 13.8 Å². The van der Waals surface area contributed by atoms with Gasteiger partial charge in [0, 0.05) is 23.1 Å². The number of benzene rings is 1. The first kappa shape index (κ1) is 23.2. The Balaban J connectivity index is 1.79. The molecule has 0 unspecified atom stereocenters. The molecule has 1 N–H and O–H groups in total. The molecule has 0 spiro atoms. The van der Waals surface area contributed by atoms with E-state index in [9.17, 15) is 14.9 Å². The van der Waals surface area contributed by atoms with Gasteiger partial charge in [0.25, 0.3) is 5.91 Å². The number of hydrogen-bond donors (Lipinski definition) is 1. The number of nitrogens with zero attached hydrogens (tertiary/aromatic N) is 2. The van der Waals surface area contributed by atoms with Gasteiger partial charge in [-0.25, -0.2) is 4.79 Å². The average molecular weight is 440 g/mol. The third-order valence-corrected chi connectivity index (χ3v) is 5.86. The molecule has 0 fully saturated rings. The molecule has 0 saturated heterocycles. The maximum Gasteiger partial charge on any atom is 0.340 e. The lowest BCUT2D eigenvalue weighted by Crippen LogP contribution is -2.52. The molecule has 2 aromatic rings. The van der Waals surface area contributed by atoms with Gasteiger partial charge < -0.3 is 24.1 Å². The molecule has 0 aliphatic carbocycles. The van der Waals surface area contributed by atoms with Gasteiger partial charge in [0.1, 0.15) is 18.8 Å². The summed E-state index contributed by atoms with van der Waals surface area (Å²) in [5.41, 5.74) is 1.66. The molecule has 0 radical (unpaired) electrons. The monoisotopic (exact) mass is 439 g/mol. The zero-order valence-electron chi connectivity index (χ0n) is 19.3. The number of carbonyl (C=O) groups is 2. The molecule has 2 atom stereocenters. The van der Waals surface area contributed by atoms with Gasteiger partial charge >= 0.3 is 5.97 Å². The van der Waals surface area contributed by atoms with E-state index in [0.29, 0.717) is 36.0 Å². The van der Waals surface area contributed by atoms with E-state index in [1.807, 2.05) is 50.5 Å². The van der Waals surface area contributed by atoms with Crippen molar-refractivity contribution in [1.82, 2.24) is 9.88 Å². The number of aromatic nitrogens is 1. The van der Waals surface area contributed by atoms with E-state index >= 15 is 0 Å². The summed E-state index contributed by atoms with van der Waals surface area (Å²) in [6.07, 6.45) is -1.05. The first-order valence-electron chi connectivity index (χ1n) is 10.6. The number of nitriles is 1. The van der Waals surface area contributed by atoms with Crippen LogP contribution < -0.4 is 14.8 Å². The van der Waals surface area contributed by atoms with Gasteiger partial charge in [-0.2, -0.15) is 5.26 Å². The van der Waals surface area contributed by atoms with Crippen LogP contribution in [-0.4, -0.2) is 41.3 Å². The Hall–Kier alpha value is -3.47. The average Bonchev–Trinajstić information content (AvgIpc) is 3.06. The van der Waals surface area contributed by atoms with E-state index in [-0.39, 0.29) is 5.92 Å². The summed E-state index contributed by atoms with van der Waals surface area (Å²) in [6.45, 7) is 11.5. The van der Waals surface area contributed by atoms with Crippen molar-refractivity contribution in [2.75, 3.05) is 13.2 Å². The van der Waals surface area contributed by atoms with Crippen molar-refractivity contribution < 1.29 is 23.8 Å². The van der Waals surface area contributed by atoms with Gasteiger partial charge in [0.15, 0.2) is 17.6 Å². The number of amides is 1. The van der Waals surface area contributed by atoms with Crippen molar-refractivity contribution in [1.29, 1.82) is 5.26 Å². The SMILES string of the molecule is Cc1cc(C(=O)O[C@@H](C)C(=O)N[C@](C)(C#N)C(C)C)c(C)n1-c1ccc2c(c1)OCCO2. The minimum absolute atomic E-state index is 0.107. The number of fused-ring (bicyclic) bond motifs is 1. The number of rotatable bonds is 6. The predicted octanol–water partition coefficient (Wildman–Crippen LogP) is 3.47. The predicted molar refractivity (Wildman–Crippen MR) is 118 cm³/mol. The van der Waals surface area contributed by atoms with E-state index in [2.05, 4.69) is 11.4 Å². The lowest BCUT2D eigenvalue weighted by atomic mass is 9.90. The molecule has 8 nitrogen and oxygen atoms in total.